The predicted octanol–water partition coefficient (Wildman–Crippen LogP) is 2.52. The molecule has 0 fully saturated rings. The molecule has 0 aliphatic heterocycles. The zero-order valence-electron chi connectivity index (χ0n) is 10.1. The Morgan fingerprint density at radius 2 is 1.37 bits per heavy atom. The van der Waals surface area contributed by atoms with Gasteiger partial charge in [0.1, 0.15) is 8.95 Å². The molecule has 0 aliphatic rings. The maximum absolute atomic E-state index is 11.9. The molecule has 0 unspecified atom stereocenters. The molecule has 0 saturated heterocycles. The van der Waals surface area contributed by atoms with Gasteiger partial charge in [0.05, 0.1) is 13.2 Å². The van der Waals surface area contributed by atoms with Gasteiger partial charge in [-0.3, -0.25) is 4.79 Å². The summed E-state index contributed by atoms with van der Waals surface area (Å²) in [5, 5.41) is 0. The Balaban J connectivity index is 3.39. The van der Waals surface area contributed by atoms with Gasteiger partial charge in [-0.05, 0) is 45.7 Å². The van der Waals surface area contributed by atoms with Gasteiger partial charge in [0.2, 0.25) is 16.9 Å². The summed E-state index contributed by atoms with van der Waals surface area (Å²) in [6.45, 7) is 3.43. The van der Waals surface area contributed by atoms with Crippen molar-refractivity contribution >= 4 is 43.8 Å². The predicted molar refractivity (Wildman–Crippen MR) is 72.3 cm³/mol. The number of ether oxygens (including phenoxy) is 2. The fourth-order valence-electron chi connectivity index (χ4n) is 1.15. The van der Waals surface area contributed by atoms with E-state index in [4.69, 9.17) is 13.9 Å². The molecule has 0 spiro atoms. The lowest BCUT2D eigenvalue weighted by molar-refractivity contribution is 0.0443. The minimum atomic E-state index is -0.843. The highest BCUT2D eigenvalue weighted by atomic mass is 79.9. The van der Waals surface area contributed by atoms with Gasteiger partial charge in [-0.15, -0.1) is 0 Å². The second-order valence-corrected chi connectivity index (χ2v) is 4.74. The second-order valence-electron chi connectivity index (χ2n) is 3.16. The Kier molecular flexibility index (Phi) is 5.74. The Morgan fingerprint density at radius 1 is 1.00 bits per heavy atom. The molecule has 0 atom stereocenters. The highest BCUT2D eigenvalue weighted by molar-refractivity contribution is 9.11. The molecule has 0 aliphatic carbocycles. The van der Waals surface area contributed by atoms with E-state index in [0.29, 0.717) is 0 Å². The molecule has 8 heteroatoms. The summed E-state index contributed by atoms with van der Waals surface area (Å²) in [5.41, 5.74) is -0.600. The first-order chi connectivity index (χ1) is 8.93. The van der Waals surface area contributed by atoms with Crippen LogP contribution < -0.4 is 5.43 Å². The Hall–Kier alpha value is -1.15. The van der Waals surface area contributed by atoms with Crippen molar-refractivity contribution < 1.29 is 23.5 Å². The summed E-state index contributed by atoms with van der Waals surface area (Å²) in [6.07, 6.45) is 0. The quantitative estimate of drug-likeness (QED) is 0.726. The molecule has 0 aromatic carbocycles. The van der Waals surface area contributed by atoms with E-state index in [-0.39, 0.29) is 33.7 Å². The Morgan fingerprint density at radius 3 is 1.68 bits per heavy atom. The SMILES string of the molecule is CCOC(=O)c1oc(C(=O)OCC)c(Br)c(=O)c1Br. The van der Waals surface area contributed by atoms with Crippen LogP contribution in [-0.2, 0) is 9.47 Å². The van der Waals surface area contributed by atoms with Crippen molar-refractivity contribution in [2.45, 2.75) is 13.8 Å². The minimum absolute atomic E-state index is 0.111. The fourth-order valence-corrected chi connectivity index (χ4v) is 2.30. The molecule has 19 heavy (non-hydrogen) atoms. The van der Waals surface area contributed by atoms with Gasteiger partial charge in [0, 0.05) is 0 Å². The number of carbonyl (C=O) groups excluding carboxylic acids is 2. The maximum atomic E-state index is 11.9. The van der Waals surface area contributed by atoms with Crippen LogP contribution in [0.1, 0.15) is 35.0 Å². The third-order valence-corrected chi connectivity index (χ3v) is 3.36. The van der Waals surface area contributed by atoms with Crippen LogP contribution in [-0.4, -0.2) is 25.2 Å². The highest BCUT2D eigenvalue weighted by Gasteiger charge is 2.26. The van der Waals surface area contributed by atoms with Crippen LogP contribution in [0.25, 0.3) is 0 Å². The molecule has 0 amide bonds. The first-order valence-electron chi connectivity index (χ1n) is 5.30. The van der Waals surface area contributed by atoms with E-state index in [9.17, 15) is 14.4 Å². The van der Waals surface area contributed by atoms with Gasteiger partial charge in [-0.25, -0.2) is 9.59 Å². The van der Waals surface area contributed by atoms with Gasteiger partial charge in [-0.1, -0.05) is 0 Å². The van der Waals surface area contributed by atoms with E-state index in [1.165, 1.54) is 0 Å². The zero-order chi connectivity index (χ0) is 14.6. The van der Waals surface area contributed by atoms with Crippen molar-refractivity contribution in [1.82, 2.24) is 0 Å². The Labute approximate surface area is 125 Å². The van der Waals surface area contributed by atoms with E-state index < -0.39 is 17.4 Å². The Bertz CT molecular complexity index is 518. The molecule has 0 N–H and O–H groups in total. The molecule has 1 aromatic heterocycles. The van der Waals surface area contributed by atoms with Crippen LogP contribution >= 0.6 is 31.9 Å². The number of carbonyl (C=O) groups is 2. The van der Waals surface area contributed by atoms with E-state index in [1.54, 1.807) is 13.8 Å². The zero-order valence-corrected chi connectivity index (χ0v) is 13.3. The molecule has 0 bridgehead atoms. The maximum Gasteiger partial charge on any atom is 0.375 e. The average Bonchev–Trinajstić information content (AvgIpc) is 2.36. The number of halogens is 2. The lowest BCUT2D eigenvalue weighted by atomic mass is 10.3. The summed E-state index contributed by atoms with van der Waals surface area (Å²) in [4.78, 5) is 35.1. The molecule has 0 radical (unpaired) electrons. The van der Waals surface area contributed by atoms with Crippen molar-refractivity contribution in [3.8, 4) is 0 Å². The van der Waals surface area contributed by atoms with E-state index in [0.717, 1.165) is 0 Å². The van der Waals surface area contributed by atoms with Gasteiger partial charge >= 0.3 is 11.9 Å². The van der Waals surface area contributed by atoms with Crippen molar-refractivity contribution in [2.75, 3.05) is 13.2 Å². The molecular formula is C11H10Br2O6. The lowest BCUT2D eigenvalue weighted by Gasteiger charge is -2.07. The number of hydrogen-bond donors (Lipinski definition) is 0. The largest absolute Gasteiger partial charge is 0.460 e. The van der Waals surface area contributed by atoms with E-state index in [2.05, 4.69) is 31.9 Å². The third-order valence-electron chi connectivity index (χ3n) is 1.92. The minimum Gasteiger partial charge on any atom is -0.460 e. The van der Waals surface area contributed by atoms with Crippen molar-refractivity contribution in [2.24, 2.45) is 0 Å². The van der Waals surface area contributed by atoms with Crippen molar-refractivity contribution in [3.63, 3.8) is 0 Å². The topological polar surface area (TPSA) is 82.8 Å². The van der Waals surface area contributed by atoms with Gasteiger partial charge in [0.25, 0.3) is 0 Å². The first kappa shape index (κ1) is 15.9. The molecule has 6 nitrogen and oxygen atoms in total. The van der Waals surface area contributed by atoms with Crippen LogP contribution in [0.15, 0.2) is 18.2 Å². The average molecular weight is 398 g/mol. The van der Waals surface area contributed by atoms with Crippen molar-refractivity contribution in [1.29, 1.82) is 0 Å². The molecule has 1 heterocycles. The van der Waals surface area contributed by atoms with Crippen LogP contribution in [0.4, 0.5) is 0 Å². The second kappa shape index (κ2) is 6.85. The van der Waals surface area contributed by atoms with Gasteiger partial charge < -0.3 is 13.9 Å². The smallest absolute Gasteiger partial charge is 0.375 e. The number of rotatable bonds is 4. The standard InChI is InChI=1S/C11H10Br2O6/c1-3-17-10(15)8-5(12)7(14)6(13)9(19-8)11(16)18-4-2/h3-4H2,1-2H3. The van der Waals surface area contributed by atoms with E-state index >= 15 is 0 Å². The van der Waals surface area contributed by atoms with Crippen LogP contribution in [0.5, 0.6) is 0 Å². The summed E-state index contributed by atoms with van der Waals surface area (Å²) < 4.78 is 14.3. The normalized spacial score (nSPS) is 10.1. The van der Waals surface area contributed by atoms with Crippen LogP contribution in [0.3, 0.4) is 0 Å². The molecular weight excluding hydrogens is 388 g/mol. The number of hydrogen-bond acceptors (Lipinski definition) is 6. The monoisotopic (exact) mass is 396 g/mol. The number of esters is 2. The first-order valence-corrected chi connectivity index (χ1v) is 6.88. The molecule has 0 saturated carbocycles. The lowest BCUT2D eigenvalue weighted by Crippen LogP contribution is -2.18. The molecule has 1 rings (SSSR count). The molecule has 104 valence electrons. The van der Waals surface area contributed by atoms with E-state index in [1.807, 2.05) is 0 Å². The highest BCUT2D eigenvalue weighted by Crippen LogP contribution is 2.22. The van der Waals surface area contributed by atoms with Crippen LogP contribution in [0, 0.1) is 0 Å². The summed E-state index contributed by atoms with van der Waals surface area (Å²) in [7, 11) is 0. The van der Waals surface area contributed by atoms with Crippen LogP contribution in [0.2, 0.25) is 0 Å². The van der Waals surface area contributed by atoms with Gasteiger partial charge in [-0.2, -0.15) is 0 Å². The summed E-state index contributed by atoms with van der Waals surface area (Å²) in [6, 6.07) is 0. The summed E-state index contributed by atoms with van der Waals surface area (Å²) in [5.74, 6) is -2.44. The third kappa shape index (κ3) is 3.44. The summed E-state index contributed by atoms with van der Waals surface area (Å²) >= 11 is 5.87. The fraction of sp³-hybridized carbons (Fsp3) is 0.364. The molecule has 1 aromatic rings. The van der Waals surface area contributed by atoms with Crippen molar-refractivity contribution in [3.05, 3.63) is 30.7 Å². The van der Waals surface area contributed by atoms with Gasteiger partial charge in [0.15, 0.2) is 0 Å².